The number of hydrogen-bond acceptors (Lipinski definition) is 2. The first kappa shape index (κ1) is 13.7. The van der Waals surface area contributed by atoms with E-state index in [4.69, 9.17) is 0 Å². The summed E-state index contributed by atoms with van der Waals surface area (Å²) in [5.74, 6) is 0.771. The van der Waals surface area contributed by atoms with Gasteiger partial charge in [-0.2, -0.15) is 0 Å². The van der Waals surface area contributed by atoms with Crippen molar-refractivity contribution in [1.82, 2.24) is 5.32 Å². The standard InChI is InChI=1S/C14H25NS/c1-5-7-13(14-8-6-9-16-14)15-12(4)10-11(2)3/h6,8-9,11-13,15H,5,7,10H2,1-4H3. The molecule has 2 heteroatoms. The first-order chi connectivity index (χ1) is 7.63. The third-order valence-corrected chi connectivity index (χ3v) is 3.76. The van der Waals surface area contributed by atoms with Crippen LogP contribution in [0.25, 0.3) is 0 Å². The molecule has 2 unspecified atom stereocenters. The van der Waals surface area contributed by atoms with E-state index in [2.05, 4.69) is 50.5 Å². The lowest BCUT2D eigenvalue weighted by atomic mass is 10.0. The minimum atomic E-state index is 0.554. The minimum absolute atomic E-state index is 0.554. The molecule has 2 atom stereocenters. The summed E-state index contributed by atoms with van der Waals surface area (Å²) in [7, 11) is 0. The van der Waals surface area contributed by atoms with Crippen molar-refractivity contribution >= 4 is 11.3 Å². The maximum Gasteiger partial charge on any atom is 0.0416 e. The molecule has 0 saturated heterocycles. The van der Waals surface area contributed by atoms with Gasteiger partial charge in [-0.1, -0.05) is 33.3 Å². The van der Waals surface area contributed by atoms with Gasteiger partial charge in [-0.15, -0.1) is 11.3 Å². The Bertz CT molecular complexity index is 266. The number of hydrogen-bond donors (Lipinski definition) is 1. The second-order valence-electron chi connectivity index (χ2n) is 5.05. The Morgan fingerprint density at radius 1 is 1.31 bits per heavy atom. The van der Waals surface area contributed by atoms with Crippen LogP contribution in [0.5, 0.6) is 0 Å². The van der Waals surface area contributed by atoms with Crippen LogP contribution in [-0.4, -0.2) is 6.04 Å². The first-order valence-corrected chi connectivity index (χ1v) is 7.30. The number of thiophene rings is 1. The quantitative estimate of drug-likeness (QED) is 0.732. The molecule has 0 spiro atoms. The molecule has 0 bridgehead atoms. The minimum Gasteiger partial charge on any atom is -0.307 e. The molecular formula is C14H25NS. The van der Waals surface area contributed by atoms with Crippen LogP contribution < -0.4 is 5.32 Å². The molecular weight excluding hydrogens is 214 g/mol. The highest BCUT2D eigenvalue weighted by atomic mass is 32.1. The predicted octanol–water partition coefficient (Wildman–Crippen LogP) is 4.61. The zero-order valence-electron chi connectivity index (χ0n) is 11.0. The predicted molar refractivity (Wildman–Crippen MR) is 74.0 cm³/mol. The van der Waals surface area contributed by atoms with Crippen molar-refractivity contribution in [3.63, 3.8) is 0 Å². The summed E-state index contributed by atoms with van der Waals surface area (Å²) in [5.41, 5.74) is 0. The molecule has 1 rings (SSSR count). The summed E-state index contributed by atoms with van der Waals surface area (Å²) in [5, 5.41) is 5.94. The number of rotatable bonds is 7. The Morgan fingerprint density at radius 2 is 2.06 bits per heavy atom. The van der Waals surface area contributed by atoms with Gasteiger partial charge in [-0.25, -0.2) is 0 Å². The Labute approximate surface area is 104 Å². The molecule has 0 saturated carbocycles. The van der Waals surface area contributed by atoms with Gasteiger partial charge in [0.25, 0.3) is 0 Å². The Kier molecular flexibility index (Phi) is 6.07. The van der Waals surface area contributed by atoms with Gasteiger partial charge < -0.3 is 5.32 Å². The maximum absolute atomic E-state index is 3.76. The summed E-state index contributed by atoms with van der Waals surface area (Å²) >= 11 is 1.87. The van der Waals surface area contributed by atoms with Crippen LogP contribution in [0.15, 0.2) is 17.5 Å². The van der Waals surface area contributed by atoms with Crippen LogP contribution in [0.3, 0.4) is 0 Å². The topological polar surface area (TPSA) is 12.0 Å². The van der Waals surface area contributed by atoms with Crippen molar-refractivity contribution in [2.24, 2.45) is 5.92 Å². The molecule has 1 aromatic rings. The second-order valence-corrected chi connectivity index (χ2v) is 6.03. The van der Waals surface area contributed by atoms with E-state index in [1.807, 2.05) is 11.3 Å². The van der Waals surface area contributed by atoms with E-state index in [-0.39, 0.29) is 0 Å². The summed E-state index contributed by atoms with van der Waals surface area (Å²) in [6, 6.07) is 5.56. The summed E-state index contributed by atoms with van der Waals surface area (Å²) in [4.78, 5) is 1.48. The fraction of sp³-hybridized carbons (Fsp3) is 0.714. The van der Waals surface area contributed by atoms with Gasteiger partial charge in [0.05, 0.1) is 0 Å². The van der Waals surface area contributed by atoms with Crippen molar-refractivity contribution < 1.29 is 0 Å². The lowest BCUT2D eigenvalue weighted by molar-refractivity contribution is 0.383. The smallest absolute Gasteiger partial charge is 0.0416 e. The molecule has 16 heavy (non-hydrogen) atoms. The van der Waals surface area contributed by atoms with Gasteiger partial charge in [0.1, 0.15) is 0 Å². The lowest BCUT2D eigenvalue weighted by Gasteiger charge is -2.23. The average molecular weight is 239 g/mol. The summed E-state index contributed by atoms with van der Waals surface area (Å²) in [6.07, 6.45) is 3.73. The maximum atomic E-state index is 3.76. The van der Waals surface area contributed by atoms with Crippen LogP contribution in [0.1, 0.15) is 57.9 Å². The SMILES string of the molecule is CCCC(NC(C)CC(C)C)c1cccs1. The van der Waals surface area contributed by atoms with Crippen LogP contribution in [-0.2, 0) is 0 Å². The summed E-state index contributed by atoms with van der Waals surface area (Å²) < 4.78 is 0. The van der Waals surface area contributed by atoms with E-state index in [0.717, 1.165) is 5.92 Å². The first-order valence-electron chi connectivity index (χ1n) is 6.43. The molecule has 0 radical (unpaired) electrons. The highest BCUT2D eigenvalue weighted by Gasteiger charge is 2.14. The third-order valence-electron chi connectivity index (χ3n) is 2.77. The van der Waals surface area contributed by atoms with Gasteiger partial charge in [0.2, 0.25) is 0 Å². The van der Waals surface area contributed by atoms with Crippen LogP contribution in [0, 0.1) is 5.92 Å². The molecule has 0 aliphatic heterocycles. The molecule has 0 amide bonds. The van der Waals surface area contributed by atoms with Gasteiger partial charge >= 0.3 is 0 Å². The zero-order chi connectivity index (χ0) is 12.0. The molecule has 0 fully saturated rings. The molecule has 92 valence electrons. The van der Waals surface area contributed by atoms with Crippen molar-refractivity contribution in [2.45, 2.75) is 59.0 Å². The van der Waals surface area contributed by atoms with Crippen molar-refractivity contribution in [3.8, 4) is 0 Å². The second kappa shape index (κ2) is 7.08. The molecule has 0 aliphatic rings. The van der Waals surface area contributed by atoms with E-state index in [0.29, 0.717) is 12.1 Å². The highest BCUT2D eigenvalue weighted by molar-refractivity contribution is 7.10. The third kappa shape index (κ3) is 4.67. The molecule has 0 aliphatic carbocycles. The molecule has 1 heterocycles. The Balaban J connectivity index is 2.51. The van der Waals surface area contributed by atoms with E-state index in [1.54, 1.807) is 0 Å². The number of nitrogens with one attached hydrogen (secondary N) is 1. The Morgan fingerprint density at radius 3 is 2.56 bits per heavy atom. The van der Waals surface area contributed by atoms with E-state index < -0.39 is 0 Å². The van der Waals surface area contributed by atoms with Crippen LogP contribution in [0.4, 0.5) is 0 Å². The van der Waals surface area contributed by atoms with E-state index in [1.165, 1.54) is 24.1 Å². The molecule has 1 aromatic heterocycles. The van der Waals surface area contributed by atoms with Gasteiger partial charge in [0.15, 0.2) is 0 Å². The van der Waals surface area contributed by atoms with E-state index >= 15 is 0 Å². The van der Waals surface area contributed by atoms with Crippen LogP contribution in [0.2, 0.25) is 0 Å². The summed E-state index contributed by atoms with van der Waals surface area (Å²) in [6.45, 7) is 9.14. The monoisotopic (exact) mass is 239 g/mol. The fourth-order valence-corrected chi connectivity index (χ4v) is 3.03. The van der Waals surface area contributed by atoms with E-state index in [9.17, 15) is 0 Å². The fourth-order valence-electron chi connectivity index (χ4n) is 2.20. The largest absolute Gasteiger partial charge is 0.307 e. The van der Waals surface area contributed by atoms with Gasteiger partial charge in [-0.05, 0) is 37.1 Å². The Hall–Kier alpha value is -0.340. The van der Waals surface area contributed by atoms with Gasteiger partial charge in [0, 0.05) is 17.0 Å². The molecule has 1 N–H and O–H groups in total. The average Bonchev–Trinajstić information content (AvgIpc) is 2.68. The normalized spacial score (nSPS) is 15.3. The van der Waals surface area contributed by atoms with Crippen molar-refractivity contribution in [2.75, 3.05) is 0 Å². The lowest BCUT2D eigenvalue weighted by Crippen LogP contribution is -2.31. The molecule has 1 nitrogen and oxygen atoms in total. The van der Waals surface area contributed by atoms with Crippen LogP contribution >= 0.6 is 11.3 Å². The van der Waals surface area contributed by atoms with Crippen molar-refractivity contribution in [1.29, 1.82) is 0 Å². The highest BCUT2D eigenvalue weighted by Crippen LogP contribution is 2.24. The van der Waals surface area contributed by atoms with Gasteiger partial charge in [-0.3, -0.25) is 0 Å². The van der Waals surface area contributed by atoms with Crippen molar-refractivity contribution in [3.05, 3.63) is 22.4 Å². The zero-order valence-corrected chi connectivity index (χ0v) is 11.8. The molecule has 0 aromatic carbocycles.